The van der Waals surface area contributed by atoms with E-state index in [0.29, 0.717) is 25.1 Å². The molecule has 1 rings (SSSR count). The van der Waals surface area contributed by atoms with E-state index in [4.69, 9.17) is 4.74 Å². The molecule has 0 unspecified atom stereocenters. The van der Waals surface area contributed by atoms with Crippen LogP contribution in [0.1, 0.15) is 59.3 Å². The van der Waals surface area contributed by atoms with Crippen molar-refractivity contribution in [2.75, 3.05) is 24.7 Å². The van der Waals surface area contributed by atoms with Crippen LogP contribution in [0.25, 0.3) is 0 Å². The monoisotopic (exact) mass is 402 g/mol. The van der Waals surface area contributed by atoms with Crippen LogP contribution in [0.3, 0.4) is 0 Å². The molecule has 8 heteroatoms. The molecule has 0 spiro atoms. The summed E-state index contributed by atoms with van der Waals surface area (Å²) < 4.78 is 5.13. The maximum atomic E-state index is 12.7. The van der Waals surface area contributed by atoms with Crippen LogP contribution in [-0.2, 0) is 19.1 Å². The van der Waals surface area contributed by atoms with Crippen LogP contribution in [0.4, 0.5) is 0 Å². The number of aliphatic carboxylic acids is 1. The number of carbonyl (C=O) groups is 3. The van der Waals surface area contributed by atoms with Gasteiger partial charge in [-0.2, -0.15) is 11.8 Å². The molecule has 0 bridgehead atoms. The van der Waals surface area contributed by atoms with Gasteiger partial charge in [-0.25, -0.2) is 4.79 Å². The van der Waals surface area contributed by atoms with E-state index in [1.807, 2.05) is 0 Å². The standard InChI is InChI=1S/C19H34N2O5S/c1-4-6-7-8-12-27-13-15(19(25)26-5-2)20-14(3)17(22)21-11-9-10-16(21)18(23)24/h14-16,20H,4-13H2,1-3H3,(H,23,24)/t14-,15-,16+/m0/s1. The Labute approximate surface area is 166 Å². The van der Waals surface area contributed by atoms with Gasteiger partial charge in [-0.3, -0.25) is 14.9 Å². The van der Waals surface area contributed by atoms with Gasteiger partial charge in [-0.15, -0.1) is 0 Å². The molecule has 0 radical (unpaired) electrons. The molecule has 0 aromatic carbocycles. The molecule has 27 heavy (non-hydrogen) atoms. The molecule has 1 fully saturated rings. The van der Waals surface area contributed by atoms with Gasteiger partial charge in [-0.1, -0.05) is 26.2 Å². The fourth-order valence-electron chi connectivity index (χ4n) is 3.17. The first kappa shape index (κ1) is 23.8. The van der Waals surface area contributed by atoms with Gasteiger partial charge < -0.3 is 14.7 Å². The van der Waals surface area contributed by atoms with Crippen molar-refractivity contribution in [3.63, 3.8) is 0 Å². The largest absolute Gasteiger partial charge is 0.480 e. The molecule has 3 atom stereocenters. The van der Waals surface area contributed by atoms with E-state index in [2.05, 4.69) is 12.2 Å². The van der Waals surface area contributed by atoms with E-state index in [1.54, 1.807) is 25.6 Å². The van der Waals surface area contributed by atoms with Crippen LogP contribution >= 0.6 is 11.8 Å². The lowest BCUT2D eigenvalue weighted by molar-refractivity contribution is -0.150. The number of carboxylic acid groups (broad SMARTS) is 1. The van der Waals surface area contributed by atoms with Gasteiger partial charge >= 0.3 is 11.9 Å². The van der Waals surface area contributed by atoms with E-state index in [0.717, 1.165) is 12.2 Å². The Morgan fingerprint density at radius 2 is 2.00 bits per heavy atom. The fraction of sp³-hybridized carbons (Fsp3) is 0.842. The Morgan fingerprint density at radius 1 is 1.26 bits per heavy atom. The second kappa shape index (κ2) is 13.0. The summed E-state index contributed by atoms with van der Waals surface area (Å²) in [5.41, 5.74) is 0. The molecule has 1 saturated heterocycles. The summed E-state index contributed by atoms with van der Waals surface area (Å²) in [4.78, 5) is 37.6. The molecule has 7 nitrogen and oxygen atoms in total. The highest BCUT2D eigenvalue weighted by Gasteiger charge is 2.36. The van der Waals surface area contributed by atoms with E-state index >= 15 is 0 Å². The van der Waals surface area contributed by atoms with Crippen molar-refractivity contribution in [1.82, 2.24) is 10.2 Å². The van der Waals surface area contributed by atoms with Crippen LogP contribution in [0.15, 0.2) is 0 Å². The first-order valence-corrected chi connectivity index (χ1v) is 11.1. The number of rotatable bonds is 13. The zero-order valence-electron chi connectivity index (χ0n) is 16.7. The molecule has 156 valence electrons. The predicted molar refractivity (Wildman–Crippen MR) is 107 cm³/mol. The van der Waals surface area contributed by atoms with Crippen LogP contribution in [0, 0.1) is 0 Å². The lowest BCUT2D eigenvalue weighted by Gasteiger charge is -2.27. The highest BCUT2D eigenvalue weighted by atomic mass is 32.2. The lowest BCUT2D eigenvalue weighted by Crippen LogP contribution is -2.54. The van der Waals surface area contributed by atoms with Crippen LogP contribution in [0.5, 0.6) is 0 Å². The Balaban J connectivity index is 2.58. The minimum atomic E-state index is -0.974. The number of carboxylic acids is 1. The highest BCUT2D eigenvalue weighted by molar-refractivity contribution is 7.99. The van der Waals surface area contributed by atoms with E-state index in [1.165, 1.54) is 24.2 Å². The molecular weight excluding hydrogens is 368 g/mol. The normalized spacial score (nSPS) is 18.9. The Kier molecular flexibility index (Phi) is 11.4. The molecule has 1 aliphatic heterocycles. The van der Waals surface area contributed by atoms with Gasteiger partial charge in [0, 0.05) is 12.3 Å². The molecular formula is C19H34N2O5S. The van der Waals surface area contributed by atoms with Crippen molar-refractivity contribution in [3.8, 4) is 0 Å². The van der Waals surface area contributed by atoms with Crippen molar-refractivity contribution in [1.29, 1.82) is 0 Å². The Bertz CT molecular complexity index is 489. The molecule has 1 aliphatic rings. The van der Waals surface area contributed by atoms with Crippen LogP contribution in [0.2, 0.25) is 0 Å². The topological polar surface area (TPSA) is 95.9 Å². The third-order valence-electron chi connectivity index (χ3n) is 4.64. The summed E-state index contributed by atoms with van der Waals surface area (Å²) in [6, 6.07) is -1.98. The Hall–Kier alpha value is -1.28. The van der Waals surface area contributed by atoms with Crippen molar-refractivity contribution in [2.24, 2.45) is 0 Å². The quantitative estimate of drug-likeness (QED) is 0.360. The number of hydrogen-bond acceptors (Lipinski definition) is 6. The molecule has 2 N–H and O–H groups in total. The molecule has 0 saturated carbocycles. The number of unbranched alkanes of at least 4 members (excludes halogenated alkanes) is 3. The summed E-state index contributed by atoms with van der Waals surface area (Å²) in [5.74, 6) is -0.118. The average Bonchev–Trinajstić information content (AvgIpc) is 3.13. The molecule has 0 aromatic heterocycles. The number of nitrogens with one attached hydrogen (secondary N) is 1. The summed E-state index contributed by atoms with van der Waals surface area (Å²) in [6.07, 6.45) is 5.85. The summed E-state index contributed by atoms with van der Waals surface area (Å²) in [5, 5.41) is 12.3. The number of hydrogen-bond donors (Lipinski definition) is 2. The molecule has 0 aromatic rings. The smallest absolute Gasteiger partial charge is 0.326 e. The minimum Gasteiger partial charge on any atom is -0.480 e. The van der Waals surface area contributed by atoms with E-state index in [9.17, 15) is 19.5 Å². The van der Waals surface area contributed by atoms with E-state index in [-0.39, 0.29) is 18.5 Å². The number of likely N-dealkylation sites (tertiary alicyclic amines) is 1. The molecule has 0 aliphatic carbocycles. The van der Waals surface area contributed by atoms with Crippen LogP contribution < -0.4 is 5.32 Å². The third kappa shape index (κ3) is 8.09. The Morgan fingerprint density at radius 3 is 2.63 bits per heavy atom. The number of amides is 1. The van der Waals surface area contributed by atoms with Gasteiger partial charge in [0.15, 0.2) is 0 Å². The second-order valence-corrected chi connectivity index (χ2v) is 8.01. The summed E-state index contributed by atoms with van der Waals surface area (Å²) in [6.45, 7) is 6.33. The number of carbonyl (C=O) groups excluding carboxylic acids is 2. The van der Waals surface area contributed by atoms with Crippen molar-refractivity contribution in [2.45, 2.75) is 77.4 Å². The number of esters is 1. The maximum absolute atomic E-state index is 12.7. The summed E-state index contributed by atoms with van der Waals surface area (Å²) in [7, 11) is 0. The molecule has 1 heterocycles. The van der Waals surface area contributed by atoms with Gasteiger partial charge in [0.05, 0.1) is 12.6 Å². The number of nitrogens with zero attached hydrogens (tertiary/aromatic N) is 1. The first-order valence-electron chi connectivity index (χ1n) is 9.96. The van der Waals surface area contributed by atoms with Gasteiger partial charge in [0.1, 0.15) is 12.1 Å². The van der Waals surface area contributed by atoms with Gasteiger partial charge in [0.25, 0.3) is 0 Å². The molecule has 1 amide bonds. The summed E-state index contributed by atoms with van der Waals surface area (Å²) >= 11 is 1.68. The average molecular weight is 403 g/mol. The van der Waals surface area contributed by atoms with Crippen molar-refractivity contribution >= 4 is 29.6 Å². The second-order valence-electron chi connectivity index (χ2n) is 6.86. The lowest BCUT2D eigenvalue weighted by atomic mass is 10.2. The van der Waals surface area contributed by atoms with Crippen molar-refractivity contribution in [3.05, 3.63) is 0 Å². The van der Waals surface area contributed by atoms with Gasteiger partial charge in [0.2, 0.25) is 5.91 Å². The first-order chi connectivity index (χ1) is 12.9. The zero-order chi connectivity index (χ0) is 20.2. The fourth-order valence-corrected chi connectivity index (χ4v) is 4.21. The van der Waals surface area contributed by atoms with Gasteiger partial charge in [-0.05, 0) is 38.9 Å². The number of ether oxygens (including phenoxy) is 1. The SMILES string of the molecule is CCCCCCSC[C@H](N[C@@H](C)C(=O)N1CCC[C@@H]1C(=O)O)C(=O)OCC. The van der Waals surface area contributed by atoms with Crippen LogP contribution in [-0.4, -0.2) is 70.6 Å². The third-order valence-corrected chi connectivity index (χ3v) is 5.79. The van der Waals surface area contributed by atoms with E-state index < -0.39 is 24.1 Å². The maximum Gasteiger partial charge on any atom is 0.326 e. The number of thioether (sulfide) groups is 1. The predicted octanol–water partition coefficient (Wildman–Crippen LogP) is 2.29. The van der Waals surface area contributed by atoms with Crippen molar-refractivity contribution < 1.29 is 24.2 Å². The minimum absolute atomic E-state index is 0.276. The zero-order valence-corrected chi connectivity index (χ0v) is 17.6. The highest BCUT2D eigenvalue weighted by Crippen LogP contribution is 2.19.